The average Bonchev–Trinajstić information content (AvgIpc) is 3.41. The van der Waals surface area contributed by atoms with Gasteiger partial charge in [-0.05, 0) is 47.9 Å². The van der Waals surface area contributed by atoms with E-state index in [1.807, 2.05) is 82.6 Å². The van der Waals surface area contributed by atoms with Crippen LogP contribution in [0.5, 0.6) is 0 Å². The van der Waals surface area contributed by atoms with Crippen LogP contribution in [-0.2, 0) is 45.4 Å². The van der Waals surface area contributed by atoms with Gasteiger partial charge in [-0.3, -0.25) is 9.59 Å². The molecule has 2 atom stereocenters. The number of rotatable bonds is 12. The van der Waals surface area contributed by atoms with Crippen molar-refractivity contribution >= 4 is 11.8 Å². The first-order valence-electron chi connectivity index (χ1n) is 17.5. The second kappa shape index (κ2) is 19.5. The van der Waals surface area contributed by atoms with Crippen molar-refractivity contribution in [2.45, 2.75) is 64.8 Å². The predicted octanol–water partition coefficient (Wildman–Crippen LogP) is 8.06. The number of hydrogen-bond acceptors (Lipinski definition) is 4. The summed E-state index contributed by atoms with van der Waals surface area (Å²) in [4.78, 5) is 29.7. The molecule has 6 nitrogen and oxygen atoms in total. The molecule has 0 bridgehead atoms. The summed E-state index contributed by atoms with van der Waals surface area (Å²) in [5.41, 5.74) is 4.69. The summed E-state index contributed by atoms with van der Waals surface area (Å²) in [6.45, 7) is 5.28. The highest BCUT2D eigenvalue weighted by molar-refractivity contribution is 5.79. The van der Waals surface area contributed by atoms with Crippen LogP contribution in [0.3, 0.4) is 0 Å². The zero-order valence-corrected chi connectivity index (χ0v) is 28.1. The minimum Gasteiger partial charge on any atom is -0.376 e. The maximum absolute atomic E-state index is 12.8. The number of nitrogens with zero attached hydrogens (tertiary/aromatic N) is 2. The molecule has 2 amide bonds. The van der Waals surface area contributed by atoms with Crippen LogP contribution in [0.2, 0.25) is 0 Å². The Morgan fingerprint density at radius 1 is 0.458 bits per heavy atom. The summed E-state index contributed by atoms with van der Waals surface area (Å²) in [6, 6.07) is 40.7. The highest BCUT2D eigenvalue weighted by Crippen LogP contribution is 2.22. The van der Waals surface area contributed by atoms with E-state index in [4.69, 9.17) is 9.47 Å². The molecule has 0 spiro atoms. The fourth-order valence-corrected chi connectivity index (χ4v) is 6.39. The van der Waals surface area contributed by atoms with Gasteiger partial charge in [0.05, 0.1) is 38.3 Å². The lowest BCUT2D eigenvalue weighted by Gasteiger charge is -2.24. The highest BCUT2D eigenvalue weighted by atomic mass is 16.5. The van der Waals surface area contributed by atoms with E-state index in [2.05, 4.69) is 48.5 Å². The summed E-state index contributed by atoms with van der Waals surface area (Å²) in [5, 5.41) is 0. The van der Waals surface area contributed by atoms with Gasteiger partial charge in [-0.25, -0.2) is 0 Å². The predicted molar refractivity (Wildman–Crippen MR) is 191 cm³/mol. The second-order valence-electron chi connectivity index (χ2n) is 12.9. The third-order valence-electron chi connectivity index (χ3n) is 9.08. The van der Waals surface area contributed by atoms with Crippen LogP contribution >= 0.6 is 0 Å². The lowest BCUT2D eigenvalue weighted by Crippen LogP contribution is -2.36. The van der Waals surface area contributed by atoms with Crippen LogP contribution in [0.4, 0.5) is 0 Å². The number of carbonyl (C=O) groups excluding carboxylic acids is 2. The molecule has 2 saturated heterocycles. The first-order chi connectivity index (χ1) is 23.7. The summed E-state index contributed by atoms with van der Waals surface area (Å²) < 4.78 is 11.7. The lowest BCUT2D eigenvalue weighted by atomic mass is 10.0. The number of likely N-dealkylation sites (tertiary alicyclic amines) is 2. The lowest BCUT2D eigenvalue weighted by molar-refractivity contribution is -0.138. The molecule has 0 saturated carbocycles. The maximum atomic E-state index is 12.8. The molecule has 4 aromatic rings. The van der Waals surface area contributed by atoms with E-state index < -0.39 is 0 Å². The number of carbonyl (C=O) groups is 2. The molecule has 48 heavy (non-hydrogen) atoms. The van der Waals surface area contributed by atoms with Gasteiger partial charge in [-0.2, -0.15) is 0 Å². The zero-order chi connectivity index (χ0) is 33.2. The zero-order valence-electron chi connectivity index (χ0n) is 28.1. The van der Waals surface area contributed by atoms with Crippen molar-refractivity contribution in [3.63, 3.8) is 0 Å². The Hall–Kier alpha value is -4.26. The highest BCUT2D eigenvalue weighted by Gasteiger charge is 2.28. The van der Waals surface area contributed by atoms with Gasteiger partial charge in [-0.15, -0.1) is 0 Å². The van der Waals surface area contributed by atoms with Crippen molar-refractivity contribution in [1.29, 1.82) is 0 Å². The summed E-state index contributed by atoms with van der Waals surface area (Å²) in [6.07, 6.45) is 6.20. The third kappa shape index (κ3) is 11.5. The van der Waals surface area contributed by atoms with Crippen molar-refractivity contribution < 1.29 is 19.1 Å². The molecule has 0 aromatic heterocycles. The number of amides is 2. The molecule has 0 N–H and O–H groups in total. The third-order valence-corrected chi connectivity index (χ3v) is 9.08. The molecule has 2 aliphatic heterocycles. The SMILES string of the molecule is O=C1C(COCc2ccccc2)CCCCN1Cc1ccccc1.O=C1C(COCc2ccccc2)CCCCN1Cc1ccccc1. The fourth-order valence-electron chi connectivity index (χ4n) is 6.39. The Morgan fingerprint density at radius 2 is 0.792 bits per heavy atom. The van der Waals surface area contributed by atoms with Crippen molar-refractivity contribution in [3.05, 3.63) is 144 Å². The van der Waals surface area contributed by atoms with E-state index in [1.165, 1.54) is 11.1 Å². The van der Waals surface area contributed by atoms with Crippen molar-refractivity contribution in [2.75, 3.05) is 26.3 Å². The normalized spacial score (nSPS) is 18.4. The van der Waals surface area contributed by atoms with Crippen molar-refractivity contribution in [1.82, 2.24) is 9.80 Å². The van der Waals surface area contributed by atoms with Gasteiger partial charge >= 0.3 is 0 Å². The van der Waals surface area contributed by atoms with E-state index in [0.29, 0.717) is 39.5 Å². The van der Waals surface area contributed by atoms with Crippen LogP contribution in [0.25, 0.3) is 0 Å². The molecule has 2 fully saturated rings. The number of benzene rings is 4. The Morgan fingerprint density at radius 3 is 1.15 bits per heavy atom. The first kappa shape index (κ1) is 35.1. The Balaban J connectivity index is 0.000000188. The van der Waals surface area contributed by atoms with E-state index in [1.54, 1.807) is 0 Å². The monoisotopic (exact) mass is 646 g/mol. The van der Waals surface area contributed by atoms with Gasteiger partial charge in [0.1, 0.15) is 0 Å². The molecule has 252 valence electrons. The minimum absolute atomic E-state index is 0.0140. The summed E-state index contributed by atoms with van der Waals surface area (Å²) in [5.74, 6) is 0.452. The molecule has 2 aliphatic rings. The van der Waals surface area contributed by atoms with Gasteiger partial charge < -0.3 is 19.3 Å². The van der Waals surface area contributed by atoms with Crippen LogP contribution in [-0.4, -0.2) is 47.9 Å². The van der Waals surface area contributed by atoms with E-state index in [9.17, 15) is 9.59 Å². The molecule has 0 aliphatic carbocycles. The quantitative estimate of drug-likeness (QED) is 0.156. The first-order valence-corrected chi connectivity index (χ1v) is 17.5. The molecular weight excluding hydrogens is 596 g/mol. The topological polar surface area (TPSA) is 59.1 Å². The molecule has 4 aromatic carbocycles. The van der Waals surface area contributed by atoms with E-state index >= 15 is 0 Å². The van der Waals surface area contributed by atoms with Crippen LogP contribution < -0.4 is 0 Å². The maximum Gasteiger partial charge on any atom is 0.228 e. The van der Waals surface area contributed by atoms with E-state index in [-0.39, 0.29) is 23.7 Å². The molecule has 6 rings (SSSR count). The van der Waals surface area contributed by atoms with Gasteiger partial charge in [-0.1, -0.05) is 134 Å². The van der Waals surface area contributed by atoms with Gasteiger partial charge in [0, 0.05) is 26.2 Å². The standard InChI is InChI=1S/2C21H25NO2/c2*23-21-20(17-24-16-19-11-5-2-6-12-19)13-7-8-14-22(21)15-18-9-3-1-4-10-18/h2*1-6,9-12,20H,7-8,13-17H2. The summed E-state index contributed by atoms with van der Waals surface area (Å²) in [7, 11) is 0. The summed E-state index contributed by atoms with van der Waals surface area (Å²) >= 11 is 0. The van der Waals surface area contributed by atoms with Gasteiger partial charge in [0.15, 0.2) is 0 Å². The van der Waals surface area contributed by atoms with Crippen molar-refractivity contribution in [3.8, 4) is 0 Å². The van der Waals surface area contributed by atoms with Gasteiger partial charge in [0.2, 0.25) is 11.8 Å². The molecular formula is C42H50N2O4. The molecule has 6 heteroatoms. The number of hydrogen-bond donors (Lipinski definition) is 0. The Kier molecular flexibility index (Phi) is 14.3. The molecule has 2 unspecified atom stereocenters. The minimum atomic E-state index is -0.0140. The average molecular weight is 647 g/mol. The second-order valence-corrected chi connectivity index (χ2v) is 12.9. The van der Waals surface area contributed by atoms with Crippen LogP contribution in [0, 0.1) is 11.8 Å². The fraction of sp³-hybridized carbons (Fsp3) is 0.381. The largest absolute Gasteiger partial charge is 0.376 e. The molecule has 2 heterocycles. The molecule has 0 radical (unpaired) electrons. The van der Waals surface area contributed by atoms with Crippen LogP contribution in [0.15, 0.2) is 121 Å². The number of ether oxygens (including phenoxy) is 2. The van der Waals surface area contributed by atoms with E-state index in [0.717, 1.165) is 62.7 Å². The van der Waals surface area contributed by atoms with Crippen LogP contribution in [0.1, 0.15) is 60.8 Å². The smallest absolute Gasteiger partial charge is 0.228 e. The van der Waals surface area contributed by atoms with Crippen molar-refractivity contribution in [2.24, 2.45) is 11.8 Å². The van der Waals surface area contributed by atoms with Gasteiger partial charge in [0.25, 0.3) is 0 Å². The Labute approximate surface area is 286 Å². The Bertz CT molecular complexity index is 1370.